The molecular formula is C21H22FN9O. The van der Waals surface area contributed by atoms with Crippen molar-refractivity contribution in [1.82, 2.24) is 24.9 Å². The Morgan fingerprint density at radius 2 is 2.06 bits per heavy atom. The molecule has 1 unspecified atom stereocenters. The number of hydrogen-bond acceptors (Lipinski definition) is 9. The summed E-state index contributed by atoms with van der Waals surface area (Å²) < 4.78 is 20.3. The van der Waals surface area contributed by atoms with Crippen LogP contribution in [0.5, 0.6) is 11.8 Å². The van der Waals surface area contributed by atoms with E-state index in [4.69, 9.17) is 21.2 Å². The van der Waals surface area contributed by atoms with Gasteiger partial charge in [-0.25, -0.2) is 14.4 Å². The summed E-state index contributed by atoms with van der Waals surface area (Å²) in [5.74, 6) is 0.867. The molecule has 4 heterocycles. The molecule has 32 heavy (non-hydrogen) atoms. The quantitative estimate of drug-likeness (QED) is 0.380. The minimum atomic E-state index is -0.338. The zero-order chi connectivity index (χ0) is 22.0. The zero-order valence-corrected chi connectivity index (χ0v) is 17.4. The number of nitrogens with one attached hydrogen (secondary N) is 2. The summed E-state index contributed by atoms with van der Waals surface area (Å²) >= 11 is 0. The van der Waals surface area contributed by atoms with Gasteiger partial charge in [0.05, 0.1) is 29.0 Å². The van der Waals surface area contributed by atoms with E-state index in [2.05, 4.69) is 30.2 Å². The molecule has 1 aliphatic heterocycles. The molecule has 6 rings (SSSR count). The molecule has 164 valence electrons. The summed E-state index contributed by atoms with van der Waals surface area (Å²) in [6.07, 6.45) is 4.93. The third-order valence-electron chi connectivity index (χ3n) is 6.55. The number of benzene rings is 1. The summed E-state index contributed by atoms with van der Waals surface area (Å²) in [7, 11) is 1.75. The lowest BCUT2D eigenvalue weighted by Gasteiger charge is -2.19. The standard InChI is InChI=1S/C21H22FN9O/c1-25-13-5-10(22)4-12-15-17(28-16(12)13)29-20(32-11-7-26-19(24)27-8-11)30-18(15)31-3-2-21(9-31)6-14(21)23/h4-5,7-8,14,25H,2-3,6,9,23H2,1H3,(H2,24,26,27)(H,28,29,30)/t14-,21?/m0/s1. The first-order valence-electron chi connectivity index (χ1n) is 10.4. The molecule has 0 radical (unpaired) electrons. The zero-order valence-electron chi connectivity index (χ0n) is 17.4. The van der Waals surface area contributed by atoms with E-state index >= 15 is 0 Å². The van der Waals surface area contributed by atoms with Gasteiger partial charge in [0, 0.05) is 37.0 Å². The van der Waals surface area contributed by atoms with Gasteiger partial charge in [-0.3, -0.25) is 0 Å². The molecule has 11 heteroatoms. The van der Waals surface area contributed by atoms with E-state index in [1.165, 1.54) is 24.5 Å². The van der Waals surface area contributed by atoms with Crippen molar-refractivity contribution in [1.29, 1.82) is 0 Å². The van der Waals surface area contributed by atoms with Crippen LogP contribution in [0.2, 0.25) is 0 Å². The van der Waals surface area contributed by atoms with Crippen LogP contribution in [0, 0.1) is 11.2 Å². The SMILES string of the molecule is CNc1cc(F)cc2c1[nH]c1nc(Oc3cnc(N)nc3)nc(N3CCC4(C[C@@H]4N)C3)c12. The first-order valence-corrected chi connectivity index (χ1v) is 10.4. The van der Waals surface area contributed by atoms with E-state index in [9.17, 15) is 4.39 Å². The van der Waals surface area contributed by atoms with Gasteiger partial charge in [0.25, 0.3) is 0 Å². The predicted molar refractivity (Wildman–Crippen MR) is 119 cm³/mol. The molecule has 2 aliphatic rings. The van der Waals surface area contributed by atoms with E-state index in [0.717, 1.165) is 36.8 Å². The molecule has 10 nitrogen and oxygen atoms in total. The molecule has 6 N–H and O–H groups in total. The predicted octanol–water partition coefficient (Wildman–Crippen LogP) is 2.38. The van der Waals surface area contributed by atoms with Gasteiger partial charge < -0.3 is 31.4 Å². The molecule has 4 aromatic rings. The molecule has 0 bridgehead atoms. The van der Waals surface area contributed by atoms with Gasteiger partial charge >= 0.3 is 6.01 Å². The first kappa shape index (κ1) is 19.0. The van der Waals surface area contributed by atoms with Crippen LogP contribution in [-0.2, 0) is 0 Å². The Morgan fingerprint density at radius 3 is 2.75 bits per heavy atom. The van der Waals surface area contributed by atoms with Gasteiger partial charge in [-0.1, -0.05) is 0 Å². The highest BCUT2D eigenvalue weighted by atomic mass is 19.1. The lowest BCUT2D eigenvalue weighted by Crippen LogP contribution is -2.24. The Balaban J connectivity index is 1.53. The van der Waals surface area contributed by atoms with Crippen LogP contribution in [-0.4, -0.2) is 51.1 Å². The molecule has 1 spiro atoms. The van der Waals surface area contributed by atoms with Gasteiger partial charge in [0.1, 0.15) is 17.3 Å². The fraction of sp³-hybridized carbons (Fsp3) is 0.333. The number of halogens is 1. The average Bonchev–Trinajstić information content (AvgIpc) is 3.10. The number of nitrogens with zero attached hydrogens (tertiary/aromatic N) is 5. The van der Waals surface area contributed by atoms with Crippen molar-refractivity contribution in [3.63, 3.8) is 0 Å². The van der Waals surface area contributed by atoms with Crippen molar-refractivity contribution in [3.8, 4) is 11.8 Å². The minimum absolute atomic E-state index is 0.136. The van der Waals surface area contributed by atoms with Crippen LogP contribution >= 0.6 is 0 Å². The molecule has 2 fully saturated rings. The Morgan fingerprint density at radius 1 is 1.28 bits per heavy atom. The Labute approximate surface area is 182 Å². The Kier molecular flexibility index (Phi) is 3.94. The number of aromatic amines is 1. The molecule has 0 amide bonds. The molecule has 2 atom stereocenters. The van der Waals surface area contributed by atoms with E-state index in [0.29, 0.717) is 28.3 Å². The number of rotatable bonds is 4. The maximum absolute atomic E-state index is 14.4. The van der Waals surface area contributed by atoms with Crippen LogP contribution < -0.4 is 26.4 Å². The topological polar surface area (TPSA) is 144 Å². The summed E-state index contributed by atoms with van der Waals surface area (Å²) in [6, 6.07) is 3.30. The van der Waals surface area contributed by atoms with Gasteiger partial charge in [0.2, 0.25) is 5.95 Å². The summed E-state index contributed by atoms with van der Waals surface area (Å²) in [5.41, 5.74) is 13.9. The second kappa shape index (κ2) is 6.63. The molecule has 1 aromatic carbocycles. The van der Waals surface area contributed by atoms with Crippen LogP contribution in [0.25, 0.3) is 21.9 Å². The van der Waals surface area contributed by atoms with Crippen LogP contribution in [0.3, 0.4) is 0 Å². The number of nitrogen functional groups attached to an aromatic ring is 1. The van der Waals surface area contributed by atoms with Gasteiger partial charge in [-0.05, 0) is 25.0 Å². The maximum atomic E-state index is 14.4. The monoisotopic (exact) mass is 435 g/mol. The molecule has 1 aliphatic carbocycles. The van der Waals surface area contributed by atoms with Crippen molar-refractivity contribution in [2.45, 2.75) is 18.9 Å². The van der Waals surface area contributed by atoms with Crippen molar-refractivity contribution in [3.05, 3.63) is 30.3 Å². The smallest absolute Gasteiger partial charge is 0.326 e. The highest BCUT2D eigenvalue weighted by molar-refractivity contribution is 6.14. The largest absolute Gasteiger partial charge is 0.421 e. The number of ether oxygens (including phenoxy) is 1. The van der Waals surface area contributed by atoms with Crippen molar-refractivity contribution in [2.75, 3.05) is 36.1 Å². The average molecular weight is 435 g/mol. The Hall–Kier alpha value is -3.73. The number of nitrogens with two attached hydrogens (primary N) is 2. The molecule has 3 aromatic heterocycles. The maximum Gasteiger partial charge on any atom is 0.326 e. The summed E-state index contributed by atoms with van der Waals surface area (Å²) in [6.45, 7) is 1.61. The highest BCUT2D eigenvalue weighted by Gasteiger charge is 2.56. The van der Waals surface area contributed by atoms with E-state index in [1.54, 1.807) is 7.05 Å². The van der Waals surface area contributed by atoms with Crippen molar-refractivity contribution in [2.24, 2.45) is 11.1 Å². The molecule has 1 saturated carbocycles. The second-order valence-corrected chi connectivity index (χ2v) is 8.53. The fourth-order valence-electron chi connectivity index (χ4n) is 4.71. The van der Waals surface area contributed by atoms with Crippen LogP contribution in [0.4, 0.5) is 21.8 Å². The van der Waals surface area contributed by atoms with E-state index in [-0.39, 0.29) is 29.2 Å². The number of H-pyrrole nitrogens is 1. The lowest BCUT2D eigenvalue weighted by molar-refractivity contribution is 0.440. The fourth-order valence-corrected chi connectivity index (χ4v) is 4.71. The number of fused-ring (bicyclic) bond motifs is 3. The van der Waals surface area contributed by atoms with Gasteiger partial charge in [0.15, 0.2) is 5.75 Å². The minimum Gasteiger partial charge on any atom is -0.421 e. The normalized spacial score (nSPS) is 22.2. The second-order valence-electron chi connectivity index (χ2n) is 8.53. The Bertz CT molecular complexity index is 1360. The van der Waals surface area contributed by atoms with Gasteiger partial charge in [-0.15, -0.1) is 0 Å². The van der Waals surface area contributed by atoms with Gasteiger partial charge in [-0.2, -0.15) is 9.97 Å². The third-order valence-corrected chi connectivity index (χ3v) is 6.55. The number of aromatic nitrogens is 5. The van der Waals surface area contributed by atoms with E-state index in [1.807, 2.05) is 0 Å². The molecule has 1 saturated heterocycles. The highest BCUT2D eigenvalue weighted by Crippen LogP contribution is 2.53. The lowest BCUT2D eigenvalue weighted by atomic mass is 10.1. The van der Waals surface area contributed by atoms with E-state index < -0.39 is 0 Å². The first-order chi connectivity index (χ1) is 15.5. The third kappa shape index (κ3) is 2.88. The van der Waals surface area contributed by atoms with Crippen LogP contribution in [0.1, 0.15) is 12.8 Å². The summed E-state index contributed by atoms with van der Waals surface area (Å²) in [5, 5.41) is 4.50. The molecular weight excluding hydrogens is 413 g/mol. The number of anilines is 3. The van der Waals surface area contributed by atoms with Crippen molar-refractivity contribution < 1.29 is 9.13 Å². The number of hydrogen-bond donors (Lipinski definition) is 4. The summed E-state index contributed by atoms with van der Waals surface area (Å²) in [4.78, 5) is 22.7. The van der Waals surface area contributed by atoms with Crippen molar-refractivity contribution >= 4 is 39.4 Å². The van der Waals surface area contributed by atoms with Crippen LogP contribution in [0.15, 0.2) is 24.5 Å².